The van der Waals surface area contributed by atoms with E-state index >= 15 is 0 Å². The van der Waals surface area contributed by atoms with Crippen LogP contribution in [0.2, 0.25) is 0 Å². The molecule has 0 amide bonds. The number of nitriles is 1. The molecule has 0 aliphatic heterocycles. The average molecular weight is 245 g/mol. The molecule has 96 valence electrons. The third-order valence-electron chi connectivity index (χ3n) is 2.81. The number of esters is 1. The summed E-state index contributed by atoms with van der Waals surface area (Å²) in [5.41, 5.74) is 2.24. The van der Waals surface area contributed by atoms with Gasteiger partial charge in [0, 0.05) is 0 Å². The Morgan fingerprint density at radius 3 is 2.39 bits per heavy atom. The van der Waals surface area contributed by atoms with Gasteiger partial charge in [0.05, 0.1) is 12.7 Å². The Balaban J connectivity index is 2.71. The van der Waals surface area contributed by atoms with Gasteiger partial charge in [-0.2, -0.15) is 5.26 Å². The number of nitrogens with zero attached hydrogens (tertiary/aromatic N) is 1. The maximum Gasteiger partial charge on any atom is 0.323 e. The zero-order valence-corrected chi connectivity index (χ0v) is 11.1. The van der Waals surface area contributed by atoms with Crippen LogP contribution in [0.25, 0.3) is 0 Å². The van der Waals surface area contributed by atoms with Crippen molar-refractivity contribution < 1.29 is 9.53 Å². The molecule has 0 saturated heterocycles. The van der Waals surface area contributed by atoms with E-state index in [0.29, 0.717) is 18.9 Å². The molecule has 1 rings (SSSR count). The second-order valence-electron chi connectivity index (χ2n) is 4.53. The summed E-state index contributed by atoms with van der Waals surface area (Å²) in [6, 6.07) is 10.0. The molecule has 1 atom stereocenters. The standard InChI is InChI=1S/C15H19NO2/c1-4-18-15(17)14(10-16)9-12-5-7-13(8-6-12)11(2)3/h5-8,11,14H,4,9H2,1-3H3. The smallest absolute Gasteiger partial charge is 0.323 e. The molecule has 3 heteroatoms. The van der Waals surface area contributed by atoms with E-state index < -0.39 is 11.9 Å². The predicted molar refractivity (Wildman–Crippen MR) is 70.0 cm³/mol. The Morgan fingerprint density at radius 1 is 1.33 bits per heavy atom. The molecule has 0 heterocycles. The van der Waals surface area contributed by atoms with Crippen molar-refractivity contribution in [3.63, 3.8) is 0 Å². The van der Waals surface area contributed by atoms with E-state index in [2.05, 4.69) is 13.8 Å². The number of carbonyl (C=O) groups excluding carboxylic acids is 1. The van der Waals surface area contributed by atoms with Gasteiger partial charge in [0.1, 0.15) is 5.92 Å². The Labute approximate surface area is 108 Å². The van der Waals surface area contributed by atoms with Crippen molar-refractivity contribution in [3.8, 4) is 6.07 Å². The average Bonchev–Trinajstić information content (AvgIpc) is 2.36. The van der Waals surface area contributed by atoms with E-state index in [9.17, 15) is 4.79 Å². The lowest BCUT2D eigenvalue weighted by Gasteiger charge is -2.10. The second kappa shape index (κ2) is 6.80. The molecule has 0 aliphatic rings. The van der Waals surface area contributed by atoms with Gasteiger partial charge in [0.25, 0.3) is 0 Å². The molecule has 0 bridgehead atoms. The molecule has 18 heavy (non-hydrogen) atoms. The first-order chi connectivity index (χ1) is 8.58. The van der Waals surface area contributed by atoms with Crippen LogP contribution in [0.5, 0.6) is 0 Å². The Hall–Kier alpha value is -1.82. The molecule has 0 N–H and O–H groups in total. The zero-order valence-electron chi connectivity index (χ0n) is 11.1. The molecule has 0 radical (unpaired) electrons. The summed E-state index contributed by atoms with van der Waals surface area (Å²) >= 11 is 0. The van der Waals surface area contributed by atoms with Crippen LogP contribution in [0.15, 0.2) is 24.3 Å². The molecule has 1 aromatic carbocycles. The van der Waals surface area contributed by atoms with E-state index in [-0.39, 0.29) is 0 Å². The fourth-order valence-corrected chi connectivity index (χ4v) is 1.70. The molecule has 0 aromatic heterocycles. The van der Waals surface area contributed by atoms with Crippen LogP contribution in [-0.2, 0) is 16.0 Å². The highest BCUT2D eigenvalue weighted by Gasteiger charge is 2.19. The minimum absolute atomic E-state index is 0.309. The van der Waals surface area contributed by atoms with Crippen molar-refractivity contribution in [2.24, 2.45) is 5.92 Å². The fraction of sp³-hybridized carbons (Fsp3) is 0.467. The van der Waals surface area contributed by atoms with Crippen LogP contribution in [-0.4, -0.2) is 12.6 Å². The van der Waals surface area contributed by atoms with Crippen molar-refractivity contribution in [1.82, 2.24) is 0 Å². The monoisotopic (exact) mass is 245 g/mol. The van der Waals surface area contributed by atoms with Gasteiger partial charge >= 0.3 is 5.97 Å². The maximum absolute atomic E-state index is 11.5. The first-order valence-electron chi connectivity index (χ1n) is 6.23. The van der Waals surface area contributed by atoms with Gasteiger partial charge in [0.2, 0.25) is 0 Å². The number of hydrogen-bond acceptors (Lipinski definition) is 3. The second-order valence-corrected chi connectivity index (χ2v) is 4.53. The van der Waals surface area contributed by atoms with E-state index in [4.69, 9.17) is 10.00 Å². The summed E-state index contributed by atoms with van der Waals surface area (Å²) in [7, 11) is 0. The topological polar surface area (TPSA) is 50.1 Å². The summed E-state index contributed by atoms with van der Waals surface area (Å²) < 4.78 is 4.87. The molecule has 0 fully saturated rings. The third kappa shape index (κ3) is 3.89. The van der Waals surface area contributed by atoms with E-state index in [1.165, 1.54) is 5.56 Å². The van der Waals surface area contributed by atoms with Crippen LogP contribution in [0.1, 0.15) is 37.8 Å². The van der Waals surface area contributed by atoms with Crippen molar-refractivity contribution >= 4 is 5.97 Å². The van der Waals surface area contributed by atoms with Crippen molar-refractivity contribution in [2.75, 3.05) is 6.61 Å². The Morgan fingerprint density at radius 2 is 1.94 bits per heavy atom. The lowest BCUT2D eigenvalue weighted by atomic mass is 9.97. The summed E-state index contributed by atoms with van der Waals surface area (Å²) in [5.74, 6) is -0.668. The zero-order chi connectivity index (χ0) is 13.5. The molecule has 0 aliphatic carbocycles. The predicted octanol–water partition coefficient (Wildman–Crippen LogP) is 3.06. The molecule has 1 unspecified atom stereocenters. The summed E-state index contributed by atoms with van der Waals surface area (Å²) in [6.45, 7) is 6.31. The molecule has 0 saturated carbocycles. The lowest BCUT2D eigenvalue weighted by Crippen LogP contribution is -2.18. The van der Waals surface area contributed by atoms with Crippen LogP contribution >= 0.6 is 0 Å². The van der Waals surface area contributed by atoms with Gasteiger partial charge in [-0.1, -0.05) is 38.1 Å². The molecule has 0 spiro atoms. The molecular formula is C15H19NO2. The van der Waals surface area contributed by atoms with Crippen LogP contribution in [0.4, 0.5) is 0 Å². The summed E-state index contributed by atoms with van der Waals surface area (Å²) in [6.07, 6.45) is 0.410. The van der Waals surface area contributed by atoms with Gasteiger partial charge in [-0.25, -0.2) is 0 Å². The van der Waals surface area contributed by atoms with E-state index in [1.54, 1.807) is 6.92 Å². The minimum atomic E-state index is -0.713. The number of rotatable bonds is 5. The fourth-order valence-electron chi connectivity index (χ4n) is 1.70. The summed E-state index contributed by atoms with van der Waals surface area (Å²) in [4.78, 5) is 11.5. The van der Waals surface area contributed by atoms with Gasteiger partial charge in [-0.05, 0) is 30.4 Å². The van der Waals surface area contributed by atoms with Crippen LogP contribution < -0.4 is 0 Å². The minimum Gasteiger partial charge on any atom is -0.465 e. The molecule has 3 nitrogen and oxygen atoms in total. The highest BCUT2D eigenvalue weighted by Crippen LogP contribution is 2.17. The van der Waals surface area contributed by atoms with E-state index in [1.807, 2.05) is 30.3 Å². The normalized spacial score (nSPS) is 11.9. The highest BCUT2D eigenvalue weighted by molar-refractivity contribution is 5.75. The lowest BCUT2D eigenvalue weighted by molar-refractivity contribution is -0.145. The number of carbonyl (C=O) groups is 1. The largest absolute Gasteiger partial charge is 0.465 e. The maximum atomic E-state index is 11.5. The number of benzene rings is 1. The van der Waals surface area contributed by atoms with Crippen molar-refractivity contribution in [1.29, 1.82) is 5.26 Å². The first-order valence-corrected chi connectivity index (χ1v) is 6.23. The van der Waals surface area contributed by atoms with Crippen molar-refractivity contribution in [3.05, 3.63) is 35.4 Å². The van der Waals surface area contributed by atoms with Crippen LogP contribution in [0, 0.1) is 17.2 Å². The Kier molecular flexibility index (Phi) is 5.38. The SMILES string of the molecule is CCOC(=O)C(C#N)Cc1ccc(C(C)C)cc1. The third-order valence-corrected chi connectivity index (χ3v) is 2.81. The number of ether oxygens (including phenoxy) is 1. The summed E-state index contributed by atoms with van der Waals surface area (Å²) in [5, 5.41) is 8.98. The first kappa shape index (κ1) is 14.2. The van der Waals surface area contributed by atoms with Gasteiger partial charge in [-0.15, -0.1) is 0 Å². The molecular weight excluding hydrogens is 226 g/mol. The highest BCUT2D eigenvalue weighted by atomic mass is 16.5. The number of hydrogen-bond donors (Lipinski definition) is 0. The quantitative estimate of drug-likeness (QED) is 0.749. The van der Waals surface area contributed by atoms with Gasteiger partial charge < -0.3 is 4.74 Å². The van der Waals surface area contributed by atoms with Gasteiger partial charge in [-0.3, -0.25) is 4.79 Å². The molecule has 1 aromatic rings. The Bertz CT molecular complexity index is 429. The van der Waals surface area contributed by atoms with Crippen LogP contribution in [0.3, 0.4) is 0 Å². The van der Waals surface area contributed by atoms with Gasteiger partial charge in [0.15, 0.2) is 0 Å². The van der Waals surface area contributed by atoms with E-state index in [0.717, 1.165) is 5.56 Å². The van der Waals surface area contributed by atoms with Crippen molar-refractivity contribution in [2.45, 2.75) is 33.1 Å².